The van der Waals surface area contributed by atoms with Crippen LogP contribution < -0.4 is 0 Å². The van der Waals surface area contributed by atoms with Crippen LogP contribution in [0, 0.1) is 12.8 Å². The Labute approximate surface area is 162 Å². The summed E-state index contributed by atoms with van der Waals surface area (Å²) in [7, 11) is 1.54. The number of likely N-dealkylation sites (tertiary alicyclic amines) is 1. The molecule has 1 aromatic carbocycles. The van der Waals surface area contributed by atoms with Gasteiger partial charge in [0.05, 0.1) is 12.5 Å². The number of aliphatic carboxylic acids is 1. The molecule has 0 aliphatic carbocycles. The van der Waals surface area contributed by atoms with Crippen molar-refractivity contribution in [2.75, 3.05) is 26.7 Å². The Kier molecular flexibility index (Phi) is 5.77. The minimum atomic E-state index is -0.825. The van der Waals surface area contributed by atoms with Crippen LogP contribution in [-0.4, -0.2) is 64.4 Å². The van der Waals surface area contributed by atoms with E-state index in [1.165, 1.54) is 18.3 Å². The number of oxazole rings is 1. The number of carbonyl (C=O) groups is 3. The van der Waals surface area contributed by atoms with E-state index < -0.39 is 17.8 Å². The molecular formula is C20H23N3O5. The fourth-order valence-electron chi connectivity index (χ4n) is 3.24. The van der Waals surface area contributed by atoms with Crippen LogP contribution in [0.3, 0.4) is 0 Å². The number of hydrogen-bond donors (Lipinski definition) is 1. The number of aryl methyl sites for hydroxylation is 1. The molecule has 3 rings (SSSR count). The van der Waals surface area contributed by atoms with Crippen LogP contribution in [-0.2, 0) is 9.59 Å². The second-order valence-corrected chi connectivity index (χ2v) is 7.05. The average Bonchev–Trinajstić information content (AvgIpc) is 3.17. The second-order valence-electron chi connectivity index (χ2n) is 7.05. The molecule has 0 radical (unpaired) electrons. The first-order valence-corrected chi connectivity index (χ1v) is 9.13. The van der Waals surface area contributed by atoms with E-state index >= 15 is 0 Å². The summed E-state index contributed by atoms with van der Waals surface area (Å²) in [5, 5.41) is 9.05. The minimum Gasteiger partial charge on any atom is -0.481 e. The molecule has 0 atom stereocenters. The first-order valence-electron chi connectivity index (χ1n) is 9.13. The van der Waals surface area contributed by atoms with Crippen LogP contribution in [0.15, 0.2) is 35.1 Å². The van der Waals surface area contributed by atoms with Gasteiger partial charge in [-0.15, -0.1) is 0 Å². The molecule has 1 aromatic heterocycles. The van der Waals surface area contributed by atoms with Gasteiger partial charge in [-0.1, -0.05) is 29.8 Å². The van der Waals surface area contributed by atoms with Crippen molar-refractivity contribution in [3.63, 3.8) is 0 Å². The molecule has 1 N–H and O–H groups in total. The van der Waals surface area contributed by atoms with Gasteiger partial charge in [0.15, 0.2) is 17.8 Å². The van der Waals surface area contributed by atoms with Crippen molar-refractivity contribution in [3.05, 3.63) is 41.9 Å². The highest BCUT2D eigenvalue weighted by Gasteiger charge is 2.29. The summed E-state index contributed by atoms with van der Waals surface area (Å²) in [5.74, 6) is -1.48. The largest absolute Gasteiger partial charge is 0.481 e. The molecule has 148 valence electrons. The highest BCUT2D eigenvalue weighted by Crippen LogP contribution is 2.24. The number of benzene rings is 1. The number of piperidine rings is 1. The lowest BCUT2D eigenvalue weighted by Crippen LogP contribution is -2.45. The van der Waals surface area contributed by atoms with Gasteiger partial charge in [0, 0.05) is 25.7 Å². The fraction of sp³-hybridized carbons (Fsp3) is 0.400. The van der Waals surface area contributed by atoms with Gasteiger partial charge >= 0.3 is 5.97 Å². The number of rotatable bonds is 5. The number of carboxylic acid groups (broad SMARTS) is 1. The number of carbonyl (C=O) groups excluding carboxylic acids is 2. The smallest absolute Gasteiger partial charge is 0.306 e. The van der Waals surface area contributed by atoms with Crippen molar-refractivity contribution >= 4 is 17.8 Å². The van der Waals surface area contributed by atoms with Gasteiger partial charge in [-0.3, -0.25) is 14.4 Å². The highest BCUT2D eigenvalue weighted by molar-refractivity contribution is 5.99. The van der Waals surface area contributed by atoms with Gasteiger partial charge in [0.2, 0.25) is 5.91 Å². The summed E-state index contributed by atoms with van der Waals surface area (Å²) in [5.41, 5.74) is 1.98. The lowest BCUT2D eigenvalue weighted by molar-refractivity contribution is -0.145. The highest BCUT2D eigenvalue weighted by atomic mass is 16.4. The number of likely N-dealkylation sites (N-methyl/N-ethyl adjacent to an activating group) is 1. The lowest BCUT2D eigenvalue weighted by Gasteiger charge is -2.31. The number of aromatic nitrogens is 1. The molecule has 28 heavy (non-hydrogen) atoms. The molecule has 1 aliphatic heterocycles. The normalized spacial score (nSPS) is 14.7. The quantitative estimate of drug-likeness (QED) is 0.845. The average molecular weight is 385 g/mol. The summed E-state index contributed by atoms with van der Waals surface area (Å²) in [4.78, 5) is 43.2. The Morgan fingerprint density at radius 1 is 1.21 bits per heavy atom. The predicted molar refractivity (Wildman–Crippen MR) is 101 cm³/mol. The third-order valence-electron chi connectivity index (χ3n) is 5.00. The van der Waals surface area contributed by atoms with E-state index in [1.807, 2.05) is 31.2 Å². The maximum atomic E-state index is 12.8. The number of hydrogen-bond acceptors (Lipinski definition) is 5. The van der Waals surface area contributed by atoms with E-state index in [2.05, 4.69) is 4.98 Å². The van der Waals surface area contributed by atoms with Crippen LogP contribution in [0.4, 0.5) is 0 Å². The Morgan fingerprint density at radius 3 is 2.46 bits per heavy atom. The maximum absolute atomic E-state index is 12.8. The van der Waals surface area contributed by atoms with Gasteiger partial charge in [-0.25, -0.2) is 4.98 Å². The molecule has 2 aromatic rings. The third kappa shape index (κ3) is 4.21. The number of amides is 2. The molecule has 1 aliphatic rings. The van der Waals surface area contributed by atoms with E-state index in [0.29, 0.717) is 31.7 Å². The summed E-state index contributed by atoms with van der Waals surface area (Å²) in [6, 6.07) is 7.54. The molecule has 0 spiro atoms. The molecule has 0 saturated carbocycles. The minimum absolute atomic E-state index is 0.100. The molecule has 0 unspecified atom stereocenters. The summed E-state index contributed by atoms with van der Waals surface area (Å²) in [6.07, 6.45) is 2.08. The van der Waals surface area contributed by atoms with Crippen molar-refractivity contribution in [1.82, 2.24) is 14.8 Å². The molecule has 1 saturated heterocycles. The molecule has 8 heteroatoms. The van der Waals surface area contributed by atoms with Gasteiger partial charge in [-0.05, 0) is 19.8 Å². The molecule has 8 nitrogen and oxygen atoms in total. The zero-order valence-electron chi connectivity index (χ0n) is 15.9. The van der Waals surface area contributed by atoms with Crippen LogP contribution >= 0.6 is 0 Å². The monoisotopic (exact) mass is 385 g/mol. The van der Waals surface area contributed by atoms with Crippen molar-refractivity contribution < 1.29 is 23.9 Å². The summed E-state index contributed by atoms with van der Waals surface area (Å²) >= 11 is 0. The SMILES string of the molecule is Cc1ccc(-c2ocnc2C(=O)N(C)CC(=O)N2CCC(C(=O)O)CC2)cc1. The van der Waals surface area contributed by atoms with Gasteiger partial charge in [0.1, 0.15) is 0 Å². The first kappa shape index (κ1) is 19.6. The van der Waals surface area contributed by atoms with Gasteiger partial charge in [0.25, 0.3) is 5.91 Å². The van der Waals surface area contributed by atoms with Crippen molar-refractivity contribution in [1.29, 1.82) is 0 Å². The Hall–Kier alpha value is -3.16. The standard InChI is InChI=1S/C20H23N3O5/c1-13-3-5-14(6-4-13)18-17(21-12-28-18)19(25)22(2)11-16(24)23-9-7-15(8-10-23)20(26)27/h3-6,12,15H,7-11H2,1-2H3,(H,26,27). The number of nitrogens with zero attached hydrogens (tertiary/aromatic N) is 3. The van der Waals surface area contributed by atoms with E-state index in [1.54, 1.807) is 4.90 Å². The number of carboxylic acids is 1. The van der Waals surface area contributed by atoms with Crippen molar-refractivity contribution in [2.45, 2.75) is 19.8 Å². The third-order valence-corrected chi connectivity index (χ3v) is 5.00. The van der Waals surface area contributed by atoms with Crippen LogP contribution in [0.2, 0.25) is 0 Å². The van der Waals surface area contributed by atoms with E-state index in [4.69, 9.17) is 9.52 Å². The van der Waals surface area contributed by atoms with Crippen LogP contribution in [0.5, 0.6) is 0 Å². The summed E-state index contributed by atoms with van der Waals surface area (Å²) in [6.45, 7) is 2.64. The summed E-state index contributed by atoms with van der Waals surface area (Å²) < 4.78 is 5.41. The molecule has 1 fully saturated rings. The predicted octanol–water partition coefficient (Wildman–Crippen LogP) is 2.05. The topological polar surface area (TPSA) is 104 Å². The molecule has 0 bridgehead atoms. The van der Waals surface area contributed by atoms with Crippen molar-refractivity contribution in [3.8, 4) is 11.3 Å². The molecular weight excluding hydrogens is 362 g/mol. The van der Waals surface area contributed by atoms with Crippen LogP contribution in [0.1, 0.15) is 28.9 Å². The Balaban J connectivity index is 1.64. The first-order chi connectivity index (χ1) is 13.4. The van der Waals surface area contributed by atoms with E-state index in [-0.39, 0.29) is 18.1 Å². The fourth-order valence-corrected chi connectivity index (χ4v) is 3.24. The molecule has 2 heterocycles. The Morgan fingerprint density at radius 2 is 1.86 bits per heavy atom. The van der Waals surface area contributed by atoms with Gasteiger partial charge in [-0.2, -0.15) is 0 Å². The van der Waals surface area contributed by atoms with Crippen molar-refractivity contribution in [2.24, 2.45) is 5.92 Å². The maximum Gasteiger partial charge on any atom is 0.306 e. The lowest BCUT2D eigenvalue weighted by atomic mass is 9.97. The zero-order chi connectivity index (χ0) is 20.3. The zero-order valence-corrected chi connectivity index (χ0v) is 15.9. The molecule has 2 amide bonds. The second kappa shape index (κ2) is 8.24. The Bertz CT molecular complexity index is 866. The van der Waals surface area contributed by atoms with Crippen LogP contribution in [0.25, 0.3) is 11.3 Å². The van der Waals surface area contributed by atoms with E-state index in [9.17, 15) is 14.4 Å². The van der Waals surface area contributed by atoms with Gasteiger partial charge < -0.3 is 19.3 Å². The van der Waals surface area contributed by atoms with E-state index in [0.717, 1.165) is 11.1 Å².